The lowest BCUT2D eigenvalue weighted by Crippen LogP contribution is -2.27. The topological polar surface area (TPSA) is 38.7 Å². The quantitative estimate of drug-likeness (QED) is 0.331. The predicted octanol–water partition coefficient (Wildman–Crippen LogP) is 6.42. The summed E-state index contributed by atoms with van der Waals surface area (Å²) < 4.78 is 11.8. The highest BCUT2D eigenvalue weighted by molar-refractivity contribution is 5.13. The second-order valence-electron chi connectivity index (χ2n) is 8.41. The van der Waals surface area contributed by atoms with E-state index in [-0.39, 0.29) is 18.3 Å². The Bertz CT molecular complexity index is 476. The molecule has 3 atom stereocenters. The highest BCUT2D eigenvalue weighted by Gasteiger charge is 2.30. The lowest BCUT2D eigenvalue weighted by atomic mass is 10.0. The fourth-order valence-corrected chi connectivity index (χ4v) is 4.05. The molecule has 1 heterocycles. The van der Waals surface area contributed by atoms with Gasteiger partial charge in [0.2, 0.25) is 0 Å². The number of unbranched alkanes of at least 4 members (excludes halogenated alkanes) is 9. The Labute approximate surface area is 172 Å². The molecular formula is C25H42O3. The van der Waals surface area contributed by atoms with Gasteiger partial charge >= 0.3 is 0 Å². The van der Waals surface area contributed by atoms with Gasteiger partial charge < -0.3 is 14.6 Å². The van der Waals surface area contributed by atoms with Gasteiger partial charge in [-0.15, -0.1) is 0 Å². The van der Waals surface area contributed by atoms with Gasteiger partial charge in [-0.1, -0.05) is 101 Å². The number of hydrogen-bond acceptors (Lipinski definition) is 3. The Balaban J connectivity index is 1.43. The van der Waals surface area contributed by atoms with Gasteiger partial charge in [-0.2, -0.15) is 0 Å². The molecule has 0 saturated carbocycles. The summed E-state index contributed by atoms with van der Waals surface area (Å²) in [5, 5.41) is 10.4. The van der Waals surface area contributed by atoms with Crippen molar-refractivity contribution in [1.29, 1.82) is 0 Å². The highest BCUT2D eigenvalue weighted by Crippen LogP contribution is 2.25. The first-order valence-electron chi connectivity index (χ1n) is 11.7. The number of aliphatic hydroxyl groups is 1. The molecule has 3 nitrogen and oxygen atoms in total. The molecule has 0 spiro atoms. The molecule has 3 heteroatoms. The Morgan fingerprint density at radius 1 is 0.929 bits per heavy atom. The van der Waals surface area contributed by atoms with E-state index in [2.05, 4.69) is 19.1 Å². The third kappa shape index (κ3) is 10.0. The van der Waals surface area contributed by atoms with Gasteiger partial charge in [0.1, 0.15) is 0 Å². The average Bonchev–Trinajstić information content (AvgIpc) is 3.19. The predicted molar refractivity (Wildman–Crippen MR) is 116 cm³/mol. The van der Waals surface area contributed by atoms with Crippen LogP contribution in [0.1, 0.15) is 96.0 Å². The van der Waals surface area contributed by atoms with E-state index in [1.165, 1.54) is 63.4 Å². The summed E-state index contributed by atoms with van der Waals surface area (Å²) in [6.07, 6.45) is 16.0. The molecule has 1 aromatic rings. The summed E-state index contributed by atoms with van der Waals surface area (Å²) in [5.41, 5.74) is 1.19. The fourth-order valence-electron chi connectivity index (χ4n) is 4.05. The van der Waals surface area contributed by atoms with Gasteiger partial charge in [0, 0.05) is 0 Å². The van der Waals surface area contributed by atoms with Crippen molar-refractivity contribution in [3.63, 3.8) is 0 Å². The Hall–Kier alpha value is -0.900. The van der Waals surface area contributed by atoms with Crippen molar-refractivity contribution < 1.29 is 14.6 Å². The molecule has 28 heavy (non-hydrogen) atoms. The largest absolute Gasteiger partial charge is 0.390 e. The second-order valence-corrected chi connectivity index (χ2v) is 8.41. The van der Waals surface area contributed by atoms with Crippen LogP contribution in [0.5, 0.6) is 0 Å². The summed E-state index contributed by atoms with van der Waals surface area (Å²) in [4.78, 5) is 0. The normalized spacial score (nSPS) is 20.5. The smallest absolute Gasteiger partial charge is 0.0839 e. The molecule has 0 aromatic heterocycles. The van der Waals surface area contributed by atoms with E-state index in [1.807, 2.05) is 18.2 Å². The SMILES string of the molecule is CCCCCCCCCCCC[C@@H](O)[C@@H]1CC[C@@H](COCc2ccccc2)O1. The standard InChI is InChI=1S/C25H42O3/c1-2-3-4-5-6-7-8-9-10-14-17-24(26)25-19-18-23(28-25)21-27-20-22-15-12-11-13-16-22/h11-13,15-16,23-26H,2-10,14,17-21H2,1H3/t23-,24+,25-/m0/s1. The summed E-state index contributed by atoms with van der Waals surface area (Å²) >= 11 is 0. The number of hydrogen-bond donors (Lipinski definition) is 1. The molecule has 1 aliphatic heterocycles. The molecule has 1 fully saturated rings. The van der Waals surface area contributed by atoms with Crippen LogP contribution in [0.3, 0.4) is 0 Å². The summed E-state index contributed by atoms with van der Waals surface area (Å²) in [5.74, 6) is 0. The summed E-state index contributed by atoms with van der Waals surface area (Å²) in [6.45, 7) is 3.52. The third-order valence-electron chi connectivity index (χ3n) is 5.84. The van der Waals surface area contributed by atoms with Crippen molar-refractivity contribution in [2.75, 3.05) is 6.61 Å². The van der Waals surface area contributed by atoms with Gasteiger partial charge in [0.15, 0.2) is 0 Å². The Kier molecular flexibility index (Phi) is 12.5. The molecule has 0 radical (unpaired) electrons. The average molecular weight is 391 g/mol. The minimum Gasteiger partial charge on any atom is -0.390 e. The van der Waals surface area contributed by atoms with Crippen molar-refractivity contribution in [2.45, 2.75) is 115 Å². The molecular weight excluding hydrogens is 348 g/mol. The van der Waals surface area contributed by atoms with E-state index >= 15 is 0 Å². The molecule has 0 bridgehead atoms. The minimum atomic E-state index is -0.312. The second kappa shape index (κ2) is 15.0. The van der Waals surface area contributed by atoms with Crippen molar-refractivity contribution in [1.82, 2.24) is 0 Å². The number of benzene rings is 1. The van der Waals surface area contributed by atoms with Crippen LogP contribution in [0.4, 0.5) is 0 Å². The molecule has 0 unspecified atom stereocenters. The van der Waals surface area contributed by atoms with Gasteiger partial charge in [-0.25, -0.2) is 0 Å². The van der Waals surface area contributed by atoms with E-state index < -0.39 is 0 Å². The van der Waals surface area contributed by atoms with Crippen molar-refractivity contribution in [3.8, 4) is 0 Å². The van der Waals surface area contributed by atoms with Gasteiger partial charge in [-0.3, -0.25) is 0 Å². The van der Waals surface area contributed by atoms with Crippen molar-refractivity contribution in [3.05, 3.63) is 35.9 Å². The highest BCUT2D eigenvalue weighted by atomic mass is 16.5. The Morgan fingerprint density at radius 2 is 1.57 bits per heavy atom. The van der Waals surface area contributed by atoms with Crippen LogP contribution in [0.15, 0.2) is 30.3 Å². The first-order chi connectivity index (χ1) is 13.8. The zero-order chi connectivity index (χ0) is 19.9. The molecule has 160 valence electrons. The molecule has 2 rings (SSSR count). The van der Waals surface area contributed by atoms with Gasteiger partial charge in [0.25, 0.3) is 0 Å². The summed E-state index contributed by atoms with van der Waals surface area (Å²) in [6, 6.07) is 10.2. The number of ether oxygens (including phenoxy) is 2. The first kappa shape index (κ1) is 23.4. The maximum Gasteiger partial charge on any atom is 0.0839 e. The molecule has 0 aliphatic carbocycles. The van der Waals surface area contributed by atoms with E-state index in [9.17, 15) is 5.11 Å². The third-order valence-corrected chi connectivity index (χ3v) is 5.84. The van der Waals surface area contributed by atoms with Gasteiger partial charge in [-0.05, 0) is 24.8 Å². The molecule has 1 aromatic carbocycles. The monoisotopic (exact) mass is 390 g/mol. The van der Waals surface area contributed by atoms with Crippen LogP contribution in [-0.2, 0) is 16.1 Å². The van der Waals surface area contributed by atoms with Crippen molar-refractivity contribution in [2.24, 2.45) is 0 Å². The van der Waals surface area contributed by atoms with Crippen LogP contribution in [-0.4, -0.2) is 30.0 Å². The zero-order valence-electron chi connectivity index (χ0n) is 18.0. The van der Waals surface area contributed by atoms with Crippen LogP contribution in [0.2, 0.25) is 0 Å². The number of rotatable bonds is 16. The summed E-state index contributed by atoms with van der Waals surface area (Å²) in [7, 11) is 0. The maximum absolute atomic E-state index is 10.4. The maximum atomic E-state index is 10.4. The lowest BCUT2D eigenvalue weighted by Gasteiger charge is -2.19. The van der Waals surface area contributed by atoms with E-state index in [1.54, 1.807) is 0 Å². The first-order valence-corrected chi connectivity index (χ1v) is 11.7. The fraction of sp³-hybridized carbons (Fsp3) is 0.760. The van der Waals surface area contributed by atoms with E-state index in [0.29, 0.717) is 13.2 Å². The van der Waals surface area contributed by atoms with Crippen molar-refractivity contribution >= 4 is 0 Å². The zero-order valence-corrected chi connectivity index (χ0v) is 18.0. The van der Waals surface area contributed by atoms with Crippen LogP contribution >= 0.6 is 0 Å². The van der Waals surface area contributed by atoms with Gasteiger partial charge in [0.05, 0.1) is 31.5 Å². The van der Waals surface area contributed by atoms with Crippen LogP contribution < -0.4 is 0 Å². The molecule has 1 saturated heterocycles. The minimum absolute atomic E-state index is 0.00360. The Morgan fingerprint density at radius 3 is 2.25 bits per heavy atom. The molecule has 1 N–H and O–H groups in total. The van der Waals surface area contributed by atoms with Crippen LogP contribution in [0, 0.1) is 0 Å². The molecule has 0 amide bonds. The number of aliphatic hydroxyl groups excluding tert-OH is 1. The lowest BCUT2D eigenvalue weighted by molar-refractivity contribution is -0.0650. The molecule has 1 aliphatic rings. The van der Waals surface area contributed by atoms with E-state index in [4.69, 9.17) is 9.47 Å². The van der Waals surface area contributed by atoms with Crippen LogP contribution in [0.25, 0.3) is 0 Å². The van der Waals surface area contributed by atoms with E-state index in [0.717, 1.165) is 25.7 Å².